The van der Waals surface area contributed by atoms with E-state index in [2.05, 4.69) is 5.32 Å². The summed E-state index contributed by atoms with van der Waals surface area (Å²) in [6.45, 7) is 2.23. The first-order chi connectivity index (χ1) is 13.5. The number of non-ortho nitro benzene ring substituents is 1. The van der Waals surface area contributed by atoms with Crippen molar-refractivity contribution in [1.82, 2.24) is 0 Å². The van der Waals surface area contributed by atoms with E-state index in [1.807, 2.05) is 30.3 Å². The van der Waals surface area contributed by atoms with E-state index in [1.54, 1.807) is 43.3 Å². The molecule has 0 saturated carbocycles. The normalized spacial score (nSPS) is 11.5. The van der Waals surface area contributed by atoms with Crippen molar-refractivity contribution in [3.63, 3.8) is 0 Å². The Morgan fingerprint density at radius 3 is 2.25 bits per heavy atom. The quantitative estimate of drug-likeness (QED) is 0.469. The van der Waals surface area contributed by atoms with Crippen molar-refractivity contribution in [2.45, 2.75) is 19.4 Å². The molecule has 0 radical (unpaired) electrons. The lowest BCUT2D eigenvalue weighted by Gasteiger charge is -2.13. The SMILES string of the molecule is C[C@@H](C(=O)Nc1ccc(OCc2ccccc2)cc1)c1ccc([N+](=O)[O-])cc1. The smallest absolute Gasteiger partial charge is 0.269 e. The number of carbonyl (C=O) groups excluding carboxylic acids is 1. The molecule has 0 aliphatic carbocycles. The molecule has 0 fully saturated rings. The second-order valence-electron chi connectivity index (χ2n) is 6.36. The molecule has 1 N–H and O–H groups in total. The van der Waals surface area contributed by atoms with Gasteiger partial charge in [-0.1, -0.05) is 42.5 Å². The number of anilines is 1. The molecule has 3 aromatic rings. The number of carbonyl (C=O) groups is 1. The highest BCUT2D eigenvalue weighted by atomic mass is 16.6. The minimum atomic E-state index is -0.462. The molecule has 3 rings (SSSR count). The fourth-order valence-electron chi connectivity index (χ4n) is 2.66. The fourth-order valence-corrected chi connectivity index (χ4v) is 2.66. The van der Waals surface area contributed by atoms with Crippen molar-refractivity contribution >= 4 is 17.3 Å². The lowest BCUT2D eigenvalue weighted by molar-refractivity contribution is -0.384. The van der Waals surface area contributed by atoms with Gasteiger partial charge < -0.3 is 10.1 Å². The monoisotopic (exact) mass is 376 g/mol. The highest BCUT2D eigenvalue weighted by Gasteiger charge is 2.16. The van der Waals surface area contributed by atoms with Gasteiger partial charge in [0.1, 0.15) is 12.4 Å². The van der Waals surface area contributed by atoms with Crippen molar-refractivity contribution in [2.75, 3.05) is 5.32 Å². The Bertz CT molecular complexity index is 939. The van der Waals surface area contributed by atoms with Gasteiger partial charge in [0.2, 0.25) is 5.91 Å². The van der Waals surface area contributed by atoms with E-state index < -0.39 is 10.8 Å². The van der Waals surface area contributed by atoms with Crippen LogP contribution in [0.4, 0.5) is 11.4 Å². The Labute approximate surface area is 162 Å². The van der Waals surface area contributed by atoms with Crippen molar-refractivity contribution in [3.05, 3.63) is 100 Å². The first-order valence-electron chi connectivity index (χ1n) is 8.85. The molecule has 0 aliphatic rings. The van der Waals surface area contributed by atoms with E-state index in [9.17, 15) is 14.9 Å². The van der Waals surface area contributed by atoms with Crippen molar-refractivity contribution in [1.29, 1.82) is 0 Å². The molecule has 0 aliphatic heterocycles. The summed E-state index contributed by atoms with van der Waals surface area (Å²) in [6, 6.07) is 23.0. The molecule has 3 aromatic carbocycles. The number of rotatable bonds is 7. The van der Waals surface area contributed by atoms with Crippen molar-refractivity contribution in [3.8, 4) is 5.75 Å². The van der Waals surface area contributed by atoms with Gasteiger partial charge in [0.05, 0.1) is 10.8 Å². The summed E-state index contributed by atoms with van der Waals surface area (Å²) in [5.41, 5.74) is 2.45. The molecule has 142 valence electrons. The van der Waals surface area contributed by atoms with Crippen LogP contribution in [0.2, 0.25) is 0 Å². The van der Waals surface area contributed by atoms with Gasteiger partial charge in [-0.25, -0.2) is 0 Å². The van der Waals surface area contributed by atoms with Gasteiger partial charge in [-0.3, -0.25) is 14.9 Å². The van der Waals surface area contributed by atoms with E-state index in [-0.39, 0.29) is 11.6 Å². The number of benzene rings is 3. The van der Waals surface area contributed by atoms with Gasteiger partial charge in [0.25, 0.3) is 5.69 Å². The lowest BCUT2D eigenvalue weighted by Crippen LogP contribution is -2.18. The maximum absolute atomic E-state index is 12.5. The molecular weight excluding hydrogens is 356 g/mol. The van der Waals surface area contributed by atoms with Gasteiger partial charge in [-0.05, 0) is 42.3 Å². The van der Waals surface area contributed by atoms with Gasteiger partial charge in [0, 0.05) is 17.8 Å². The largest absolute Gasteiger partial charge is 0.489 e. The van der Waals surface area contributed by atoms with Gasteiger partial charge >= 0.3 is 0 Å². The van der Waals surface area contributed by atoms with E-state index in [4.69, 9.17) is 4.74 Å². The molecule has 0 bridgehead atoms. The van der Waals surface area contributed by atoms with Crippen LogP contribution in [0.3, 0.4) is 0 Å². The van der Waals surface area contributed by atoms with Crippen molar-refractivity contribution in [2.24, 2.45) is 0 Å². The fraction of sp³-hybridized carbons (Fsp3) is 0.136. The average molecular weight is 376 g/mol. The van der Waals surface area contributed by atoms with Crippen LogP contribution < -0.4 is 10.1 Å². The number of amides is 1. The van der Waals surface area contributed by atoms with Crippen LogP contribution in [0.15, 0.2) is 78.9 Å². The summed E-state index contributed by atoms with van der Waals surface area (Å²) in [5.74, 6) is 0.0897. The molecule has 0 spiro atoms. The van der Waals surface area contributed by atoms with Crippen LogP contribution >= 0.6 is 0 Å². The molecule has 0 unspecified atom stereocenters. The summed E-state index contributed by atoms with van der Waals surface area (Å²) in [6.07, 6.45) is 0. The van der Waals surface area contributed by atoms with Crippen LogP contribution in [0.25, 0.3) is 0 Å². The molecule has 0 aromatic heterocycles. The number of nitro groups is 1. The van der Waals surface area contributed by atoms with E-state index in [1.165, 1.54) is 12.1 Å². The Morgan fingerprint density at radius 2 is 1.64 bits per heavy atom. The Balaban J connectivity index is 1.56. The zero-order valence-electron chi connectivity index (χ0n) is 15.4. The van der Waals surface area contributed by atoms with Crippen LogP contribution in [0.1, 0.15) is 24.0 Å². The third-order valence-corrected chi connectivity index (χ3v) is 4.37. The number of hydrogen-bond donors (Lipinski definition) is 1. The molecule has 6 nitrogen and oxygen atoms in total. The predicted molar refractivity (Wildman–Crippen MR) is 107 cm³/mol. The molecular formula is C22H20N2O4. The summed E-state index contributed by atoms with van der Waals surface area (Å²) in [7, 11) is 0. The summed E-state index contributed by atoms with van der Waals surface area (Å²) < 4.78 is 5.73. The zero-order valence-corrected chi connectivity index (χ0v) is 15.4. The number of nitrogens with zero attached hydrogens (tertiary/aromatic N) is 1. The van der Waals surface area contributed by atoms with Gasteiger partial charge in [0.15, 0.2) is 0 Å². The van der Waals surface area contributed by atoms with Crippen LogP contribution in [0, 0.1) is 10.1 Å². The number of nitrogens with one attached hydrogen (secondary N) is 1. The third kappa shape index (κ3) is 4.94. The van der Waals surface area contributed by atoms with Crippen molar-refractivity contribution < 1.29 is 14.5 Å². The highest BCUT2D eigenvalue weighted by Crippen LogP contribution is 2.22. The standard InChI is InChI=1S/C22H20N2O4/c1-16(18-7-11-20(12-8-18)24(26)27)22(25)23-19-9-13-21(14-10-19)28-15-17-5-3-2-4-6-17/h2-14,16H,15H2,1H3,(H,23,25)/t16-/m1/s1. The average Bonchev–Trinajstić information content (AvgIpc) is 2.73. The Kier molecular flexibility index (Phi) is 6.01. The van der Waals surface area contributed by atoms with E-state index in [0.29, 0.717) is 23.6 Å². The Morgan fingerprint density at radius 1 is 1.00 bits per heavy atom. The minimum Gasteiger partial charge on any atom is -0.489 e. The topological polar surface area (TPSA) is 81.5 Å². The third-order valence-electron chi connectivity index (χ3n) is 4.37. The lowest BCUT2D eigenvalue weighted by atomic mass is 10.00. The van der Waals surface area contributed by atoms with Crippen LogP contribution in [-0.2, 0) is 11.4 Å². The molecule has 6 heteroatoms. The van der Waals surface area contributed by atoms with Gasteiger partial charge in [-0.15, -0.1) is 0 Å². The van der Waals surface area contributed by atoms with E-state index >= 15 is 0 Å². The maximum Gasteiger partial charge on any atom is 0.269 e. The number of hydrogen-bond acceptors (Lipinski definition) is 4. The number of nitro benzene ring substituents is 1. The second-order valence-corrected chi connectivity index (χ2v) is 6.36. The zero-order chi connectivity index (χ0) is 19.9. The molecule has 1 atom stereocenters. The van der Waals surface area contributed by atoms with Crippen LogP contribution in [-0.4, -0.2) is 10.8 Å². The summed E-state index contributed by atoms with van der Waals surface area (Å²) in [5, 5.41) is 13.6. The van der Waals surface area contributed by atoms with Crippen LogP contribution in [0.5, 0.6) is 5.75 Å². The molecule has 28 heavy (non-hydrogen) atoms. The highest BCUT2D eigenvalue weighted by molar-refractivity contribution is 5.95. The second kappa shape index (κ2) is 8.81. The first kappa shape index (κ1) is 19.1. The van der Waals surface area contributed by atoms with Gasteiger partial charge in [-0.2, -0.15) is 0 Å². The Hall–Kier alpha value is -3.67. The summed E-state index contributed by atoms with van der Waals surface area (Å²) in [4.78, 5) is 22.7. The predicted octanol–water partition coefficient (Wildman–Crippen LogP) is 4.92. The molecule has 0 heterocycles. The minimum absolute atomic E-state index is 0.00227. The maximum atomic E-state index is 12.5. The number of ether oxygens (including phenoxy) is 1. The molecule has 0 saturated heterocycles. The molecule has 1 amide bonds. The summed E-state index contributed by atoms with van der Waals surface area (Å²) >= 11 is 0. The first-order valence-corrected chi connectivity index (χ1v) is 8.85. The van der Waals surface area contributed by atoms with E-state index in [0.717, 1.165) is 5.56 Å².